The summed E-state index contributed by atoms with van der Waals surface area (Å²) in [7, 11) is 2.06. The van der Waals surface area contributed by atoms with E-state index >= 15 is 0 Å². The van der Waals surface area contributed by atoms with Gasteiger partial charge in [0.1, 0.15) is 0 Å². The SMILES string of the molecule is CNCC(C)C(C)N1CCC(CN2CCCC2)CC1. The third-order valence-electron chi connectivity index (χ3n) is 5.29. The van der Waals surface area contributed by atoms with Crippen LogP contribution in [0.1, 0.15) is 39.5 Å². The molecule has 0 bridgehead atoms. The molecule has 1 N–H and O–H groups in total. The van der Waals surface area contributed by atoms with Crippen molar-refractivity contribution in [3.63, 3.8) is 0 Å². The molecule has 0 amide bonds. The molecule has 0 aromatic rings. The lowest BCUT2D eigenvalue weighted by atomic mass is 9.93. The maximum Gasteiger partial charge on any atom is 0.0105 e. The summed E-state index contributed by atoms with van der Waals surface area (Å²) in [5.74, 6) is 1.71. The quantitative estimate of drug-likeness (QED) is 0.794. The zero-order valence-electron chi connectivity index (χ0n) is 13.2. The third kappa shape index (κ3) is 4.44. The van der Waals surface area contributed by atoms with Crippen molar-refractivity contribution in [2.24, 2.45) is 11.8 Å². The molecular weight excluding hydrogens is 234 g/mol. The Bertz CT molecular complexity index is 242. The molecule has 2 atom stereocenters. The topological polar surface area (TPSA) is 18.5 Å². The van der Waals surface area contributed by atoms with Crippen LogP contribution in [-0.2, 0) is 0 Å². The number of rotatable bonds is 6. The fourth-order valence-electron chi connectivity index (χ4n) is 3.73. The lowest BCUT2D eigenvalue weighted by molar-refractivity contribution is 0.0971. The van der Waals surface area contributed by atoms with Crippen molar-refractivity contribution in [2.75, 3.05) is 46.3 Å². The molecule has 2 aliphatic heterocycles. The Kier molecular flexibility index (Phi) is 6.11. The number of piperidine rings is 1. The molecule has 19 heavy (non-hydrogen) atoms. The molecule has 0 aromatic heterocycles. The van der Waals surface area contributed by atoms with Gasteiger partial charge < -0.3 is 15.1 Å². The smallest absolute Gasteiger partial charge is 0.0105 e. The van der Waals surface area contributed by atoms with Crippen molar-refractivity contribution >= 4 is 0 Å². The van der Waals surface area contributed by atoms with Gasteiger partial charge in [0.25, 0.3) is 0 Å². The molecule has 0 aliphatic carbocycles. The summed E-state index contributed by atoms with van der Waals surface area (Å²) in [5, 5.41) is 3.31. The Labute approximate surface area is 119 Å². The minimum absolute atomic E-state index is 0.722. The predicted molar refractivity (Wildman–Crippen MR) is 82.5 cm³/mol. The van der Waals surface area contributed by atoms with E-state index in [0.717, 1.165) is 24.4 Å². The Hall–Kier alpha value is -0.120. The number of hydrogen-bond acceptors (Lipinski definition) is 3. The highest BCUT2D eigenvalue weighted by atomic mass is 15.2. The summed E-state index contributed by atoms with van der Waals surface area (Å²) in [4.78, 5) is 5.40. The van der Waals surface area contributed by atoms with Gasteiger partial charge in [0.15, 0.2) is 0 Å². The van der Waals surface area contributed by atoms with Crippen molar-refractivity contribution in [3.8, 4) is 0 Å². The Balaban J connectivity index is 1.69. The van der Waals surface area contributed by atoms with Gasteiger partial charge in [0, 0.05) is 12.6 Å². The summed E-state index contributed by atoms with van der Waals surface area (Å²) in [6.45, 7) is 12.6. The van der Waals surface area contributed by atoms with E-state index < -0.39 is 0 Å². The van der Waals surface area contributed by atoms with Gasteiger partial charge in [-0.2, -0.15) is 0 Å². The molecule has 2 fully saturated rings. The molecule has 112 valence electrons. The van der Waals surface area contributed by atoms with Crippen molar-refractivity contribution in [1.82, 2.24) is 15.1 Å². The molecule has 3 heteroatoms. The molecule has 2 aliphatic rings. The van der Waals surface area contributed by atoms with Crippen molar-refractivity contribution < 1.29 is 0 Å². The van der Waals surface area contributed by atoms with E-state index in [1.807, 2.05) is 0 Å². The van der Waals surface area contributed by atoms with Crippen molar-refractivity contribution in [1.29, 1.82) is 0 Å². The highest BCUT2D eigenvalue weighted by Gasteiger charge is 2.26. The Morgan fingerprint density at radius 1 is 1.05 bits per heavy atom. The van der Waals surface area contributed by atoms with E-state index in [0.29, 0.717) is 0 Å². The predicted octanol–water partition coefficient (Wildman–Crippen LogP) is 2.04. The normalized spacial score (nSPS) is 26.7. The summed E-state index contributed by atoms with van der Waals surface area (Å²) >= 11 is 0. The fraction of sp³-hybridized carbons (Fsp3) is 1.00. The van der Waals surface area contributed by atoms with Gasteiger partial charge in [-0.05, 0) is 84.2 Å². The van der Waals surface area contributed by atoms with E-state index in [-0.39, 0.29) is 0 Å². The van der Waals surface area contributed by atoms with Crippen LogP contribution >= 0.6 is 0 Å². The zero-order chi connectivity index (χ0) is 13.7. The number of hydrogen-bond donors (Lipinski definition) is 1. The maximum absolute atomic E-state index is 3.31. The van der Waals surface area contributed by atoms with Gasteiger partial charge in [-0.1, -0.05) is 6.92 Å². The summed E-state index contributed by atoms with van der Waals surface area (Å²) in [6.07, 6.45) is 5.68. The van der Waals surface area contributed by atoms with Crippen LogP contribution in [0.25, 0.3) is 0 Å². The minimum atomic E-state index is 0.722. The number of nitrogens with one attached hydrogen (secondary N) is 1. The first-order valence-corrected chi connectivity index (χ1v) is 8.31. The van der Waals surface area contributed by atoms with E-state index in [9.17, 15) is 0 Å². The van der Waals surface area contributed by atoms with Crippen LogP contribution < -0.4 is 5.32 Å². The number of likely N-dealkylation sites (tertiary alicyclic amines) is 2. The summed E-state index contributed by atoms with van der Waals surface area (Å²) < 4.78 is 0. The van der Waals surface area contributed by atoms with Gasteiger partial charge in [-0.3, -0.25) is 0 Å². The second kappa shape index (κ2) is 7.61. The second-order valence-electron chi connectivity index (χ2n) is 6.76. The van der Waals surface area contributed by atoms with Crippen LogP contribution in [0.5, 0.6) is 0 Å². The monoisotopic (exact) mass is 267 g/mol. The van der Waals surface area contributed by atoms with Crippen LogP contribution in [0, 0.1) is 11.8 Å². The highest BCUT2D eigenvalue weighted by molar-refractivity contribution is 4.81. The largest absolute Gasteiger partial charge is 0.319 e. The number of nitrogens with zero attached hydrogens (tertiary/aromatic N) is 2. The molecule has 3 nitrogen and oxygen atoms in total. The van der Waals surface area contributed by atoms with E-state index in [1.54, 1.807) is 0 Å². The van der Waals surface area contributed by atoms with Gasteiger partial charge >= 0.3 is 0 Å². The summed E-state index contributed by atoms with van der Waals surface area (Å²) in [6, 6.07) is 0.722. The molecule has 2 saturated heterocycles. The average molecular weight is 267 g/mol. The molecule has 2 rings (SSSR count). The molecule has 0 spiro atoms. The Morgan fingerprint density at radius 2 is 1.68 bits per heavy atom. The van der Waals surface area contributed by atoms with E-state index in [2.05, 4.69) is 36.0 Å². The fourth-order valence-corrected chi connectivity index (χ4v) is 3.73. The van der Waals surface area contributed by atoms with Gasteiger partial charge in [0.05, 0.1) is 0 Å². The highest BCUT2D eigenvalue weighted by Crippen LogP contribution is 2.23. The maximum atomic E-state index is 3.31. The molecule has 2 heterocycles. The zero-order valence-corrected chi connectivity index (χ0v) is 13.2. The van der Waals surface area contributed by atoms with Crippen LogP contribution in [0.2, 0.25) is 0 Å². The third-order valence-corrected chi connectivity index (χ3v) is 5.29. The molecule has 2 unspecified atom stereocenters. The lowest BCUT2D eigenvalue weighted by Crippen LogP contribution is -2.46. The molecular formula is C16H33N3. The van der Waals surface area contributed by atoms with Crippen LogP contribution in [0.15, 0.2) is 0 Å². The van der Waals surface area contributed by atoms with Crippen LogP contribution in [0.4, 0.5) is 0 Å². The Morgan fingerprint density at radius 3 is 2.26 bits per heavy atom. The van der Waals surface area contributed by atoms with Crippen LogP contribution in [-0.4, -0.2) is 62.2 Å². The minimum Gasteiger partial charge on any atom is -0.319 e. The van der Waals surface area contributed by atoms with Gasteiger partial charge in [-0.25, -0.2) is 0 Å². The second-order valence-corrected chi connectivity index (χ2v) is 6.76. The van der Waals surface area contributed by atoms with E-state index in [1.165, 1.54) is 58.4 Å². The lowest BCUT2D eigenvalue weighted by Gasteiger charge is -2.39. The first-order valence-electron chi connectivity index (χ1n) is 8.31. The van der Waals surface area contributed by atoms with Gasteiger partial charge in [-0.15, -0.1) is 0 Å². The standard InChI is InChI=1S/C16H33N3/c1-14(12-17-3)15(2)19-10-6-16(7-11-19)13-18-8-4-5-9-18/h14-17H,4-13H2,1-3H3. The molecule has 0 radical (unpaired) electrons. The van der Waals surface area contributed by atoms with Gasteiger partial charge in [0.2, 0.25) is 0 Å². The first-order chi connectivity index (χ1) is 9.20. The molecule has 0 saturated carbocycles. The van der Waals surface area contributed by atoms with E-state index in [4.69, 9.17) is 0 Å². The first kappa shape index (κ1) is 15.3. The average Bonchev–Trinajstić information content (AvgIpc) is 2.92. The van der Waals surface area contributed by atoms with Crippen LogP contribution in [0.3, 0.4) is 0 Å². The van der Waals surface area contributed by atoms with Crippen molar-refractivity contribution in [2.45, 2.75) is 45.6 Å². The summed E-state index contributed by atoms with van der Waals surface area (Å²) in [5.41, 5.74) is 0. The molecule has 0 aromatic carbocycles. The van der Waals surface area contributed by atoms with Crippen molar-refractivity contribution in [3.05, 3.63) is 0 Å².